The molecule has 62 heavy (non-hydrogen) atoms. The Morgan fingerprint density at radius 2 is 1.05 bits per heavy atom. The third-order valence-electron chi connectivity index (χ3n) is 7.15. The standard InChI is InChI=1S/C28H50N8O5.3C2HF3O2/c1-20(36-25(39)18-21-10-11-22(37)19-24(21)38)26(40)33-16-9-8-14-32-13-6-4-2-3-5-7-15-34-27(41)23(29)12-17-35-28(30)31;3*3-2(4,5)1(6)7/h10-11,19-20,23,32,37-38H,2-9,12-18,29H2,1H3,(H,33,40)(H,34,41)(H,36,39)(H4,30,31,35);3*(H,6,7)/t20-,23-;;;/m0.../s1. The third-order valence-corrected chi connectivity index (χ3v) is 7.15. The number of carboxylic acid groups (broad SMARTS) is 3. The Kier molecular flexibility index (Phi) is 31.2. The van der Waals surface area contributed by atoms with Gasteiger partial charge in [-0.3, -0.25) is 19.4 Å². The molecule has 0 aliphatic heterocycles. The van der Waals surface area contributed by atoms with Crippen molar-refractivity contribution in [2.24, 2.45) is 22.2 Å². The Bertz CT molecular complexity index is 1490. The van der Waals surface area contributed by atoms with Gasteiger partial charge in [0.1, 0.15) is 17.5 Å². The first kappa shape index (κ1) is 60.5. The summed E-state index contributed by atoms with van der Waals surface area (Å²) in [7, 11) is 0. The quantitative estimate of drug-likeness (QED) is 0.0342. The highest BCUT2D eigenvalue weighted by Crippen LogP contribution is 2.23. The summed E-state index contributed by atoms with van der Waals surface area (Å²) in [6.07, 6.45) is -6.62. The van der Waals surface area contributed by atoms with Crippen molar-refractivity contribution >= 4 is 41.6 Å². The van der Waals surface area contributed by atoms with E-state index in [4.69, 9.17) is 46.9 Å². The Morgan fingerprint density at radius 3 is 1.47 bits per heavy atom. The van der Waals surface area contributed by atoms with Gasteiger partial charge < -0.3 is 64.0 Å². The number of nitrogens with one attached hydrogen (secondary N) is 4. The number of aromatic hydroxyl groups is 2. The molecule has 358 valence electrons. The lowest BCUT2D eigenvalue weighted by Crippen LogP contribution is -2.45. The number of phenols is 2. The SMILES string of the molecule is C[C@H](NC(=O)Cc1ccc(O)cc1O)C(=O)NCCCCNCCCCCCCCNC(=O)[C@@H](N)CCN=C(N)N.O=C(O)C(F)(F)F.O=C(O)C(F)(F)F.O=C(O)C(F)(F)F. The van der Waals surface area contributed by atoms with E-state index in [0.29, 0.717) is 31.6 Å². The topological polar surface area (TPSA) is 342 Å². The normalized spacial score (nSPS) is 11.9. The van der Waals surface area contributed by atoms with Gasteiger partial charge in [0.15, 0.2) is 5.96 Å². The number of aliphatic imine (C=N–C) groups is 1. The Morgan fingerprint density at radius 1 is 0.661 bits per heavy atom. The number of nitrogens with zero attached hydrogens (tertiary/aromatic N) is 1. The molecular weight excluding hydrogens is 867 g/mol. The predicted octanol–water partition coefficient (Wildman–Crippen LogP) is 1.98. The van der Waals surface area contributed by atoms with E-state index in [1.54, 1.807) is 6.92 Å². The van der Waals surface area contributed by atoms with Crippen LogP contribution < -0.4 is 38.5 Å². The van der Waals surface area contributed by atoms with E-state index >= 15 is 0 Å². The van der Waals surface area contributed by atoms with Crippen molar-refractivity contribution in [2.45, 2.75) is 102 Å². The number of rotatable bonds is 22. The highest BCUT2D eigenvalue weighted by Gasteiger charge is 2.39. The van der Waals surface area contributed by atoms with Crippen molar-refractivity contribution in [3.05, 3.63) is 23.8 Å². The maximum absolute atomic E-state index is 12.2. The van der Waals surface area contributed by atoms with Gasteiger partial charge in [-0.1, -0.05) is 31.7 Å². The minimum absolute atomic E-state index is 0.00346. The maximum Gasteiger partial charge on any atom is 0.490 e. The number of hydrogen-bond donors (Lipinski definition) is 12. The molecule has 0 radical (unpaired) electrons. The van der Waals surface area contributed by atoms with Crippen LogP contribution in [-0.4, -0.2) is 130 Å². The smallest absolute Gasteiger partial charge is 0.490 e. The molecule has 0 aliphatic carbocycles. The summed E-state index contributed by atoms with van der Waals surface area (Å²) in [4.78, 5) is 66.8. The fourth-order valence-corrected chi connectivity index (χ4v) is 3.99. The van der Waals surface area contributed by atoms with Crippen molar-refractivity contribution in [3.8, 4) is 11.5 Å². The summed E-state index contributed by atoms with van der Waals surface area (Å²) in [6.45, 7) is 4.94. The van der Waals surface area contributed by atoms with E-state index < -0.39 is 48.5 Å². The summed E-state index contributed by atoms with van der Waals surface area (Å²) in [5.41, 5.74) is 16.7. The van der Waals surface area contributed by atoms with Gasteiger partial charge in [-0.15, -0.1) is 0 Å². The lowest BCUT2D eigenvalue weighted by atomic mass is 10.1. The number of amides is 3. The van der Waals surface area contributed by atoms with E-state index in [2.05, 4.69) is 26.3 Å². The number of benzene rings is 1. The largest absolute Gasteiger partial charge is 0.508 e. The fourth-order valence-electron chi connectivity index (χ4n) is 3.99. The first-order valence-electron chi connectivity index (χ1n) is 18.2. The number of aliphatic carboxylic acids is 3. The zero-order valence-electron chi connectivity index (χ0n) is 33.3. The maximum atomic E-state index is 12.2. The van der Waals surface area contributed by atoms with Crippen LogP contribution in [0.25, 0.3) is 0 Å². The molecule has 1 rings (SSSR count). The summed E-state index contributed by atoms with van der Waals surface area (Å²) in [5, 5.41) is 52.2. The molecule has 2 atom stereocenters. The van der Waals surface area contributed by atoms with Gasteiger partial charge in [0, 0.05) is 31.3 Å². The molecule has 0 spiro atoms. The van der Waals surface area contributed by atoms with E-state index in [9.17, 15) is 64.1 Å². The Hall–Kier alpha value is -5.80. The summed E-state index contributed by atoms with van der Waals surface area (Å²) in [6, 6.07) is 2.73. The van der Waals surface area contributed by atoms with E-state index in [-0.39, 0.29) is 41.6 Å². The number of carbonyl (C=O) groups excluding carboxylic acids is 3. The van der Waals surface area contributed by atoms with Crippen molar-refractivity contribution in [1.82, 2.24) is 21.3 Å². The zero-order chi connectivity index (χ0) is 48.7. The molecule has 0 aliphatic rings. The number of phenolic OH excluding ortho intramolecular Hbond substituents is 2. The number of carboxylic acids is 3. The molecule has 0 fully saturated rings. The van der Waals surface area contributed by atoms with Gasteiger partial charge in [0.25, 0.3) is 0 Å². The molecular formula is C34H53F9N8O11. The van der Waals surface area contributed by atoms with Crippen molar-refractivity contribution in [2.75, 3.05) is 32.7 Å². The summed E-state index contributed by atoms with van der Waals surface area (Å²) in [5.74, 6) is -9.34. The molecule has 15 N–H and O–H groups in total. The van der Waals surface area contributed by atoms with Gasteiger partial charge in [0.05, 0.1) is 12.5 Å². The molecule has 19 nitrogen and oxygen atoms in total. The lowest BCUT2D eigenvalue weighted by Gasteiger charge is -2.14. The second kappa shape index (κ2) is 32.0. The zero-order valence-corrected chi connectivity index (χ0v) is 33.3. The van der Waals surface area contributed by atoms with Crippen LogP contribution >= 0.6 is 0 Å². The van der Waals surface area contributed by atoms with Gasteiger partial charge in [-0.2, -0.15) is 39.5 Å². The van der Waals surface area contributed by atoms with Gasteiger partial charge in [-0.05, 0) is 58.2 Å². The monoisotopic (exact) mass is 920 g/mol. The van der Waals surface area contributed by atoms with Crippen LogP contribution in [0.5, 0.6) is 11.5 Å². The number of guanidine groups is 1. The first-order chi connectivity index (χ1) is 28.4. The fraction of sp³-hybridized carbons (Fsp3) is 0.618. The van der Waals surface area contributed by atoms with Crippen LogP contribution in [0.4, 0.5) is 39.5 Å². The van der Waals surface area contributed by atoms with Crippen LogP contribution in [0.1, 0.15) is 70.3 Å². The van der Waals surface area contributed by atoms with Crippen LogP contribution in [0, 0.1) is 0 Å². The first-order valence-corrected chi connectivity index (χ1v) is 18.2. The second-order valence-corrected chi connectivity index (χ2v) is 12.5. The number of nitrogens with two attached hydrogens (primary N) is 3. The molecule has 0 saturated carbocycles. The summed E-state index contributed by atoms with van der Waals surface area (Å²) < 4.78 is 95.2. The van der Waals surface area contributed by atoms with Crippen LogP contribution in [0.15, 0.2) is 23.2 Å². The Balaban J connectivity index is -0.00000134. The molecule has 0 saturated heterocycles. The van der Waals surface area contributed by atoms with Crippen molar-refractivity contribution in [3.63, 3.8) is 0 Å². The summed E-state index contributed by atoms with van der Waals surface area (Å²) >= 11 is 0. The molecule has 0 heterocycles. The van der Waals surface area contributed by atoms with Gasteiger partial charge in [-0.25, -0.2) is 14.4 Å². The van der Waals surface area contributed by atoms with E-state index in [0.717, 1.165) is 64.5 Å². The third kappa shape index (κ3) is 36.1. The number of unbranched alkanes of at least 4 members (excludes halogenated alkanes) is 6. The van der Waals surface area contributed by atoms with E-state index in [1.165, 1.54) is 18.2 Å². The number of alkyl halides is 9. The molecule has 3 amide bonds. The predicted molar refractivity (Wildman–Crippen MR) is 201 cm³/mol. The highest BCUT2D eigenvalue weighted by atomic mass is 19.4. The second-order valence-electron chi connectivity index (χ2n) is 12.5. The lowest BCUT2D eigenvalue weighted by molar-refractivity contribution is -0.193. The molecule has 0 aromatic heterocycles. The highest BCUT2D eigenvalue weighted by molar-refractivity contribution is 5.88. The molecule has 1 aromatic rings. The molecule has 0 unspecified atom stereocenters. The van der Waals surface area contributed by atoms with Crippen LogP contribution in [0.2, 0.25) is 0 Å². The van der Waals surface area contributed by atoms with Crippen molar-refractivity contribution < 1.29 is 93.8 Å². The van der Waals surface area contributed by atoms with Gasteiger partial charge in [0.2, 0.25) is 17.7 Å². The average Bonchev–Trinajstić information content (AvgIpc) is 3.13. The number of carbonyl (C=O) groups is 6. The minimum atomic E-state index is -5.08. The van der Waals surface area contributed by atoms with E-state index in [1.807, 2.05) is 0 Å². The van der Waals surface area contributed by atoms with Crippen LogP contribution in [0.3, 0.4) is 0 Å². The van der Waals surface area contributed by atoms with Crippen LogP contribution in [-0.2, 0) is 35.2 Å². The Labute approximate surface area is 348 Å². The molecule has 1 aromatic carbocycles. The minimum Gasteiger partial charge on any atom is -0.508 e. The van der Waals surface area contributed by atoms with Gasteiger partial charge >= 0.3 is 36.4 Å². The number of halogens is 9. The van der Waals surface area contributed by atoms with Crippen molar-refractivity contribution in [1.29, 1.82) is 0 Å². The molecule has 28 heteroatoms. The average molecular weight is 921 g/mol. The molecule has 0 bridgehead atoms. The number of hydrogen-bond acceptors (Lipinski definition) is 11.